The Morgan fingerprint density at radius 3 is 3.20 bits per heavy atom. The fourth-order valence-corrected chi connectivity index (χ4v) is 3.24. The highest BCUT2D eigenvalue weighted by atomic mass is 35.5. The first-order valence-corrected chi connectivity index (χ1v) is 7.00. The van der Waals surface area contributed by atoms with E-state index in [0.29, 0.717) is 5.88 Å². The minimum absolute atomic E-state index is 0.530. The van der Waals surface area contributed by atoms with E-state index in [2.05, 4.69) is 22.2 Å². The third-order valence-corrected chi connectivity index (χ3v) is 4.15. The zero-order chi connectivity index (χ0) is 10.7. The van der Waals surface area contributed by atoms with Crippen molar-refractivity contribution < 1.29 is 0 Å². The van der Waals surface area contributed by atoms with Crippen molar-refractivity contribution in [2.75, 3.05) is 18.0 Å². The zero-order valence-electron chi connectivity index (χ0n) is 9.08. The van der Waals surface area contributed by atoms with E-state index in [-0.39, 0.29) is 0 Å². The topological polar surface area (TPSA) is 16.1 Å². The summed E-state index contributed by atoms with van der Waals surface area (Å²) in [6.45, 7) is 4.61. The Bertz CT molecular complexity index is 313. The molecule has 2 nitrogen and oxygen atoms in total. The molecular formula is C11H17ClN2S. The summed E-state index contributed by atoms with van der Waals surface area (Å²) in [5.41, 5.74) is 1.01. The van der Waals surface area contributed by atoms with Gasteiger partial charge in [-0.25, -0.2) is 4.98 Å². The van der Waals surface area contributed by atoms with Gasteiger partial charge in [0.25, 0.3) is 0 Å². The van der Waals surface area contributed by atoms with Crippen LogP contribution in [-0.2, 0) is 5.88 Å². The van der Waals surface area contributed by atoms with Crippen molar-refractivity contribution >= 4 is 28.1 Å². The van der Waals surface area contributed by atoms with Crippen LogP contribution in [0.5, 0.6) is 0 Å². The van der Waals surface area contributed by atoms with Crippen LogP contribution in [0.2, 0.25) is 0 Å². The Morgan fingerprint density at radius 2 is 2.53 bits per heavy atom. The van der Waals surface area contributed by atoms with E-state index in [0.717, 1.165) is 16.7 Å². The lowest BCUT2D eigenvalue weighted by Crippen LogP contribution is -2.19. The van der Waals surface area contributed by atoms with Crippen LogP contribution in [0.15, 0.2) is 5.38 Å². The number of rotatable bonds is 4. The van der Waals surface area contributed by atoms with Crippen molar-refractivity contribution in [1.29, 1.82) is 0 Å². The molecule has 1 unspecified atom stereocenters. The van der Waals surface area contributed by atoms with Crippen LogP contribution in [0, 0.1) is 5.92 Å². The van der Waals surface area contributed by atoms with Crippen LogP contribution in [0.1, 0.15) is 31.9 Å². The van der Waals surface area contributed by atoms with E-state index in [1.807, 2.05) is 0 Å². The largest absolute Gasteiger partial charge is 0.348 e. The molecule has 1 aromatic rings. The fraction of sp³-hybridized carbons (Fsp3) is 0.727. The first-order valence-electron chi connectivity index (χ1n) is 5.58. The lowest BCUT2D eigenvalue weighted by molar-refractivity contribution is 0.530. The molecule has 0 aromatic carbocycles. The van der Waals surface area contributed by atoms with E-state index in [1.54, 1.807) is 11.3 Å². The van der Waals surface area contributed by atoms with Gasteiger partial charge in [-0.2, -0.15) is 0 Å². The Hall–Kier alpha value is -0.280. The number of thiazole rings is 1. The molecule has 1 atom stereocenters. The molecule has 0 bridgehead atoms. The monoisotopic (exact) mass is 244 g/mol. The molecule has 0 spiro atoms. The second-order valence-corrected chi connectivity index (χ2v) is 5.25. The van der Waals surface area contributed by atoms with Gasteiger partial charge in [0.05, 0.1) is 11.6 Å². The van der Waals surface area contributed by atoms with Gasteiger partial charge in [-0.1, -0.05) is 13.3 Å². The van der Waals surface area contributed by atoms with Gasteiger partial charge >= 0.3 is 0 Å². The lowest BCUT2D eigenvalue weighted by atomic mass is 10.0. The van der Waals surface area contributed by atoms with Crippen molar-refractivity contribution in [3.05, 3.63) is 11.1 Å². The standard InChI is InChI=1S/C11H17ClN2S/c1-2-3-9-4-5-14(7-9)11-13-10(6-12)8-15-11/h8-9H,2-7H2,1H3. The van der Waals surface area contributed by atoms with Crippen molar-refractivity contribution in [2.24, 2.45) is 5.92 Å². The van der Waals surface area contributed by atoms with Gasteiger partial charge in [-0.05, 0) is 18.8 Å². The normalized spacial score (nSPS) is 21.2. The highest BCUT2D eigenvalue weighted by molar-refractivity contribution is 7.13. The maximum Gasteiger partial charge on any atom is 0.185 e. The summed E-state index contributed by atoms with van der Waals surface area (Å²) in [5.74, 6) is 1.40. The summed E-state index contributed by atoms with van der Waals surface area (Å²) >= 11 is 7.47. The van der Waals surface area contributed by atoms with Crippen LogP contribution in [0.3, 0.4) is 0 Å². The van der Waals surface area contributed by atoms with E-state index in [1.165, 1.54) is 32.4 Å². The molecule has 1 aliphatic rings. The lowest BCUT2D eigenvalue weighted by Gasteiger charge is -2.14. The molecule has 0 N–H and O–H groups in total. The molecular weight excluding hydrogens is 228 g/mol. The predicted molar refractivity (Wildman–Crippen MR) is 66.9 cm³/mol. The van der Waals surface area contributed by atoms with Crippen molar-refractivity contribution in [1.82, 2.24) is 4.98 Å². The number of alkyl halides is 1. The Labute approximate surface area is 100 Å². The predicted octanol–water partition coefficient (Wildman–Crippen LogP) is 3.51. The molecule has 1 aliphatic heterocycles. The molecule has 0 radical (unpaired) electrons. The maximum absolute atomic E-state index is 5.75. The van der Waals surface area contributed by atoms with E-state index in [9.17, 15) is 0 Å². The van der Waals surface area contributed by atoms with Crippen LogP contribution in [0.4, 0.5) is 5.13 Å². The molecule has 0 saturated carbocycles. The molecule has 1 fully saturated rings. The Kier molecular flexibility index (Phi) is 3.87. The first kappa shape index (κ1) is 11.2. The average Bonchev–Trinajstić information content (AvgIpc) is 2.85. The number of nitrogens with zero attached hydrogens (tertiary/aromatic N) is 2. The summed E-state index contributed by atoms with van der Waals surface area (Å²) < 4.78 is 0. The fourth-order valence-electron chi connectivity index (χ4n) is 2.15. The van der Waals surface area contributed by atoms with Gasteiger partial charge in [0, 0.05) is 18.5 Å². The minimum Gasteiger partial charge on any atom is -0.348 e. The second kappa shape index (κ2) is 5.17. The number of aromatic nitrogens is 1. The number of anilines is 1. The first-order chi connectivity index (χ1) is 7.33. The summed E-state index contributed by atoms with van der Waals surface area (Å²) in [5, 5.41) is 3.22. The molecule has 4 heteroatoms. The molecule has 1 aromatic heterocycles. The number of hydrogen-bond acceptors (Lipinski definition) is 3. The van der Waals surface area contributed by atoms with E-state index < -0.39 is 0 Å². The van der Waals surface area contributed by atoms with Crippen LogP contribution in [-0.4, -0.2) is 18.1 Å². The minimum atomic E-state index is 0.530. The van der Waals surface area contributed by atoms with Gasteiger partial charge in [0.15, 0.2) is 5.13 Å². The third-order valence-electron chi connectivity index (χ3n) is 2.93. The number of halogens is 1. The Morgan fingerprint density at radius 1 is 1.67 bits per heavy atom. The quantitative estimate of drug-likeness (QED) is 0.754. The Balaban J connectivity index is 1.95. The van der Waals surface area contributed by atoms with Crippen molar-refractivity contribution in [2.45, 2.75) is 32.1 Å². The van der Waals surface area contributed by atoms with Crippen LogP contribution >= 0.6 is 22.9 Å². The van der Waals surface area contributed by atoms with Crippen LogP contribution < -0.4 is 4.90 Å². The highest BCUT2D eigenvalue weighted by Crippen LogP contribution is 2.29. The van der Waals surface area contributed by atoms with E-state index >= 15 is 0 Å². The molecule has 1 saturated heterocycles. The van der Waals surface area contributed by atoms with Gasteiger partial charge in [-0.3, -0.25) is 0 Å². The third kappa shape index (κ3) is 2.64. The molecule has 84 valence electrons. The van der Waals surface area contributed by atoms with Gasteiger partial charge < -0.3 is 4.90 Å². The average molecular weight is 245 g/mol. The van der Waals surface area contributed by atoms with Gasteiger partial charge in [-0.15, -0.1) is 22.9 Å². The molecule has 15 heavy (non-hydrogen) atoms. The molecule has 2 heterocycles. The summed E-state index contributed by atoms with van der Waals surface area (Å²) in [7, 11) is 0. The zero-order valence-corrected chi connectivity index (χ0v) is 10.7. The maximum atomic E-state index is 5.75. The summed E-state index contributed by atoms with van der Waals surface area (Å²) in [4.78, 5) is 6.92. The number of hydrogen-bond donors (Lipinski definition) is 0. The highest BCUT2D eigenvalue weighted by Gasteiger charge is 2.23. The smallest absolute Gasteiger partial charge is 0.185 e. The molecule has 0 aliphatic carbocycles. The molecule has 2 rings (SSSR count). The van der Waals surface area contributed by atoms with Gasteiger partial charge in [0.1, 0.15) is 0 Å². The van der Waals surface area contributed by atoms with Crippen molar-refractivity contribution in [3.8, 4) is 0 Å². The van der Waals surface area contributed by atoms with Crippen LogP contribution in [0.25, 0.3) is 0 Å². The summed E-state index contributed by atoms with van der Waals surface area (Å²) in [6.07, 6.45) is 3.97. The molecule has 0 amide bonds. The van der Waals surface area contributed by atoms with E-state index in [4.69, 9.17) is 11.6 Å². The van der Waals surface area contributed by atoms with Crippen molar-refractivity contribution in [3.63, 3.8) is 0 Å². The van der Waals surface area contributed by atoms with Gasteiger partial charge in [0.2, 0.25) is 0 Å². The summed E-state index contributed by atoms with van der Waals surface area (Å²) in [6, 6.07) is 0. The SMILES string of the molecule is CCCC1CCN(c2nc(CCl)cs2)C1. The second-order valence-electron chi connectivity index (χ2n) is 4.14.